The molecule has 1 fully saturated rings. The molecule has 2 aromatic rings. The normalized spacial score (nSPS) is 22.8. The van der Waals surface area contributed by atoms with E-state index in [1.807, 2.05) is 57.2 Å². The first-order valence-corrected chi connectivity index (χ1v) is 10.1. The molecule has 0 bridgehead atoms. The fourth-order valence-electron chi connectivity index (χ4n) is 4.16. The summed E-state index contributed by atoms with van der Waals surface area (Å²) in [6.45, 7) is 8.73. The van der Waals surface area contributed by atoms with Crippen LogP contribution in [0.3, 0.4) is 0 Å². The summed E-state index contributed by atoms with van der Waals surface area (Å²) in [4.78, 5) is 13.3. The lowest BCUT2D eigenvalue weighted by Gasteiger charge is -2.38. The van der Waals surface area contributed by atoms with Crippen molar-refractivity contribution in [3.63, 3.8) is 0 Å². The summed E-state index contributed by atoms with van der Waals surface area (Å²) >= 11 is 0. The standard InChI is InChI=1S/C23H31NO3/c1-5-26-23(14-8-9-17(4)15-23)22(25)24-20-12-13-21(27-16(2)3)19-11-7-6-10-18(19)20/h6-7,10-13,16-17H,5,8-9,14-15H2,1-4H3,(H,24,25)/t17-,23-/m0/s1. The van der Waals surface area contributed by atoms with E-state index in [4.69, 9.17) is 9.47 Å². The Kier molecular flexibility index (Phi) is 6.05. The minimum atomic E-state index is -0.722. The van der Waals surface area contributed by atoms with E-state index in [0.717, 1.165) is 47.9 Å². The van der Waals surface area contributed by atoms with Crippen molar-refractivity contribution in [1.29, 1.82) is 0 Å². The highest BCUT2D eigenvalue weighted by atomic mass is 16.5. The largest absolute Gasteiger partial charge is 0.490 e. The summed E-state index contributed by atoms with van der Waals surface area (Å²) in [7, 11) is 0. The lowest BCUT2D eigenvalue weighted by atomic mass is 9.78. The quantitative estimate of drug-likeness (QED) is 0.726. The van der Waals surface area contributed by atoms with Crippen LogP contribution >= 0.6 is 0 Å². The zero-order valence-electron chi connectivity index (χ0n) is 16.9. The number of benzene rings is 2. The molecule has 0 unspecified atom stereocenters. The van der Waals surface area contributed by atoms with Crippen LogP contribution in [0.4, 0.5) is 5.69 Å². The van der Waals surface area contributed by atoms with Gasteiger partial charge in [-0.15, -0.1) is 0 Å². The summed E-state index contributed by atoms with van der Waals surface area (Å²) in [5, 5.41) is 5.15. The number of hydrogen-bond acceptors (Lipinski definition) is 3. The topological polar surface area (TPSA) is 47.6 Å². The van der Waals surface area contributed by atoms with Gasteiger partial charge in [0.2, 0.25) is 0 Å². The monoisotopic (exact) mass is 369 g/mol. The number of hydrogen-bond donors (Lipinski definition) is 1. The Morgan fingerprint density at radius 3 is 2.63 bits per heavy atom. The average molecular weight is 370 g/mol. The van der Waals surface area contributed by atoms with Gasteiger partial charge in [-0.2, -0.15) is 0 Å². The number of amides is 1. The summed E-state index contributed by atoms with van der Waals surface area (Å²) in [6.07, 6.45) is 3.84. The highest BCUT2D eigenvalue weighted by Gasteiger charge is 2.42. The van der Waals surface area contributed by atoms with E-state index in [-0.39, 0.29) is 12.0 Å². The molecular weight excluding hydrogens is 338 g/mol. The molecule has 0 saturated heterocycles. The zero-order valence-corrected chi connectivity index (χ0v) is 16.9. The molecule has 1 amide bonds. The summed E-state index contributed by atoms with van der Waals surface area (Å²) in [5.41, 5.74) is 0.0877. The van der Waals surface area contributed by atoms with Crippen molar-refractivity contribution in [1.82, 2.24) is 0 Å². The second-order valence-corrected chi connectivity index (χ2v) is 7.91. The number of carbonyl (C=O) groups is 1. The van der Waals surface area contributed by atoms with Crippen LogP contribution in [0.2, 0.25) is 0 Å². The van der Waals surface area contributed by atoms with Gasteiger partial charge in [0, 0.05) is 23.1 Å². The Hall–Kier alpha value is -2.07. The third kappa shape index (κ3) is 4.27. The van der Waals surface area contributed by atoms with Crippen LogP contribution in [0.25, 0.3) is 10.8 Å². The molecule has 27 heavy (non-hydrogen) atoms. The smallest absolute Gasteiger partial charge is 0.256 e. The van der Waals surface area contributed by atoms with Crippen molar-refractivity contribution in [3.8, 4) is 5.75 Å². The van der Waals surface area contributed by atoms with Gasteiger partial charge in [0.15, 0.2) is 0 Å². The molecule has 1 N–H and O–H groups in total. The van der Waals surface area contributed by atoms with Crippen molar-refractivity contribution in [3.05, 3.63) is 36.4 Å². The molecule has 0 radical (unpaired) electrons. The first-order valence-electron chi connectivity index (χ1n) is 10.1. The third-order valence-corrected chi connectivity index (χ3v) is 5.29. The number of ether oxygens (including phenoxy) is 2. The first kappa shape index (κ1) is 19.7. The third-order valence-electron chi connectivity index (χ3n) is 5.29. The van der Waals surface area contributed by atoms with Gasteiger partial charge < -0.3 is 14.8 Å². The van der Waals surface area contributed by atoms with Gasteiger partial charge in [-0.05, 0) is 58.1 Å². The lowest BCUT2D eigenvalue weighted by molar-refractivity contribution is -0.147. The van der Waals surface area contributed by atoms with Crippen LogP contribution in [0.5, 0.6) is 5.75 Å². The second-order valence-electron chi connectivity index (χ2n) is 7.91. The van der Waals surface area contributed by atoms with Gasteiger partial charge in [-0.25, -0.2) is 0 Å². The van der Waals surface area contributed by atoms with Gasteiger partial charge in [-0.3, -0.25) is 4.79 Å². The van der Waals surface area contributed by atoms with Crippen LogP contribution in [-0.2, 0) is 9.53 Å². The zero-order chi connectivity index (χ0) is 19.4. The van der Waals surface area contributed by atoms with E-state index >= 15 is 0 Å². The fourth-order valence-corrected chi connectivity index (χ4v) is 4.16. The number of fused-ring (bicyclic) bond motifs is 1. The molecule has 0 spiro atoms. The van der Waals surface area contributed by atoms with Crippen molar-refractivity contribution in [2.75, 3.05) is 11.9 Å². The van der Waals surface area contributed by atoms with Gasteiger partial charge in [0.25, 0.3) is 5.91 Å². The van der Waals surface area contributed by atoms with Crippen LogP contribution in [-0.4, -0.2) is 24.2 Å². The average Bonchev–Trinajstić information content (AvgIpc) is 2.63. The van der Waals surface area contributed by atoms with Crippen molar-refractivity contribution < 1.29 is 14.3 Å². The first-order chi connectivity index (χ1) is 12.9. The molecule has 4 heteroatoms. The molecule has 0 aliphatic heterocycles. The van der Waals surface area contributed by atoms with Gasteiger partial charge >= 0.3 is 0 Å². The molecule has 1 saturated carbocycles. The SMILES string of the molecule is CCO[C@@]1(C(=O)Nc2ccc(OC(C)C)c3ccccc23)CCC[C@H](C)C1. The maximum Gasteiger partial charge on any atom is 0.256 e. The van der Waals surface area contributed by atoms with Crippen LogP contribution in [0, 0.1) is 5.92 Å². The predicted octanol–water partition coefficient (Wildman–Crippen LogP) is 5.55. The fraction of sp³-hybridized carbons (Fsp3) is 0.522. The maximum atomic E-state index is 13.3. The number of carbonyl (C=O) groups excluding carboxylic acids is 1. The van der Waals surface area contributed by atoms with E-state index in [9.17, 15) is 4.79 Å². The Morgan fingerprint density at radius 2 is 1.96 bits per heavy atom. The van der Waals surface area contributed by atoms with E-state index in [1.165, 1.54) is 0 Å². The van der Waals surface area contributed by atoms with Crippen molar-refractivity contribution in [2.24, 2.45) is 5.92 Å². The summed E-state index contributed by atoms with van der Waals surface area (Å²) in [6, 6.07) is 11.9. The second kappa shape index (κ2) is 8.30. The molecule has 2 aromatic carbocycles. The van der Waals surface area contributed by atoms with Crippen LogP contribution in [0.1, 0.15) is 53.4 Å². The maximum absolute atomic E-state index is 13.3. The lowest BCUT2D eigenvalue weighted by Crippen LogP contribution is -2.48. The summed E-state index contributed by atoms with van der Waals surface area (Å²) in [5.74, 6) is 1.30. The molecule has 0 heterocycles. The molecule has 4 nitrogen and oxygen atoms in total. The Morgan fingerprint density at radius 1 is 1.22 bits per heavy atom. The highest BCUT2D eigenvalue weighted by molar-refractivity contribution is 6.06. The minimum Gasteiger partial charge on any atom is -0.490 e. The van der Waals surface area contributed by atoms with Crippen molar-refractivity contribution in [2.45, 2.75) is 65.1 Å². The van der Waals surface area contributed by atoms with Gasteiger partial charge in [-0.1, -0.05) is 37.6 Å². The van der Waals surface area contributed by atoms with Gasteiger partial charge in [0.05, 0.1) is 6.10 Å². The minimum absolute atomic E-state index is 0.0291. The number of rotatable bonds is 6. The van der Waals surface area contributed by atoms with E-state index in [1.54, 1.807) is 0 Å². The molecule has 1 aliphatic rings. The molecular formula is C23H31NO3. The molecule has 1 aliphatic carbocycles. The molecule has 0 aromatic heterocycles. The van der Waals surface area contributed by atoms with Crippen LogP contribution in [0.15, 0.2) is 36.4 Å². The van der Waals surface area contributed by atoms with E-state index in [2.05, 4.69) is 12.2 Å². The van der Waals surface area contributed by atoms with E-state index in [0.29, 0.717) is 12.5 Å². The number of nitrogens with one attached hydrogen (secondary N) is 1. The van der Waals surface area contributed by atoms with Crippen molar-refractivity contribution >= 4 is 22.4 Å². The molecule has 146 valence electrons. The Balaban J connectivity index is 1.92. The molecule has 2 atom stereocenters. The Bertz CT molecular complexity index is 797. The predicted molar refractivity (Wildman–Crippen MR) is 110 cm³/mol. The highest BCUT2D eigenvalue weighted by Crippen LogP contribution is 2.38. The van der Waals surface area contributed by atoms with E-state index < -0.39 is 5.60 Å². The van der Waals surface area contributed by atoms with Crippen LogP contribution < -0.4 is 10.1 Å². The van der Waals surface area contributed by atoms with Gasteiger partial charge in [0.1, 0.15) is 11.4 Å². The Labute approximate surface area is 162 Å². The molecule has 3 rings (SSSR count). The number of anilines is 1. The summed E-state index contributed by atoms with van der Waals surface area (Å²) < 4.78 is 12.0.